The van der Waals surface area contributed by atoms with Gasteiger partial charge in [0.1, 0.15) is 5.75 Å². The highest BCUT2D eigenvalue weighted by molar-refractivity contribution is 5.72. The highest BCUT2D eigenvalue weighted by Crippen LogP contribution is 2.33. The van der Waals surface area contributed by atoms with Crippen LogP contribution in [-0.2, 0) is 0 Å². The van der Waals surface area contributed by atoms with Gasteiger partial charge in [0.15, 0.2) is 0 Å². The summed E-state index contributed by atoms with van der Waals surface area (Å²) in [5.41, 5.74) is 2.26. The summed E-state index contributed by atoms with van der Waals surface area (Å²) in [4.78, 5) is 12.9. The molecule has 1 aliphatic rings. The van der Waals surface area contributed by atoms with Crippen molar-refractivity contribution in [1.29, 1.82) is 0 Å². The molecule has 1 aliphatic heterocycles. The first-order chi connectivity index (χ1) is 10.0. The zero-order valence-electron chi connectivity index (χ0n) is 12.8. The molecule has 0 fully saturated rings. The van der Waals surface area contributed by atoms with Crippen molar-refractivity contribution in [2.75, 3.05) is 19.7 Å². The van der Waals surface area contributed by atoms with Gasteiger partial charge in [0.05, 0.1) is 17.6 Å². The average molecular weight is 290 g/mol. The predicted molar refractivity (Wildman–Crippen MR) is 83.6 cm³/mol. The van der Waals surface area contributed by atoms with Crippen LogP contribution in [0.1, 0.15) is 32.8 Å². The molecule has 0 atom stereocenters. The van der Waals surface area contributed by atoms with E-state index in [9.17, 15) is 10.1 Å². The van der Waals surface area contributed by atoms with Crippen LogP contribution in [0, 0.1) is 10.1 Å². The van der Waals surface area contributed by atoms with Gasteiger partial charge in [-0.15, -0.1) is 0 Å². The van der Waals surface area contributed by atoms with Gasteiger partial charge in [-0.2, -0.15) is 0 Å². The van der Waals surface area contributed by atoms with Gasteiger partial charge in [-0.3, -0.25) is 15.0 Å². The third-order valence-electron chi connectivity index (χ3n) is 3.79. The van der Waals surface area contributed by atoms with Crippen LogP contribution in [0.5, 0.6) is 5.75 Å². The molecule has 5 heteroatoms. The summed E-state index contributed by atoms with van der Waals surface area (Å²) in [6.45, 7) is 8.69. The maximum atomic E-state index is 10.9. The summed E-state index contributed by atoms with van der Waals surface area (Å²) in [6, 6.07) is 5.41. The number of hydrogen-bond acceptors (Lipinski definition) is 4. The van der Waals surface area contributed by atoms with Crippen LogP contribution in [0.4, 0.5) is 5.69 Å². The van der Waals surface area contributed by atoms with Crippen LogP contribution < -0.4 is 4.74 Å². The Morgan fingerprint density at radius 2 is 2.19 bits per heavy atom. The molecule has 0 aliphatic carbocycles. The van der Waals surface area contributed by atoms with Gasteiger partial charge >= 0.3 is 0 Å². The second-order valence-electron chi connectivity index (χ2n) is 5.44. The van der Waals surface area contributed by atoms with Crippen LogP contribution in [0.2, 0.25) is 0 Å². The minimum atomic E-state index is -0.387. The maximum absolute atomic E-state index is 10.9. The maximum Gasteiger partial charge on any atom is 0.273 e. The van der Waals surface area contributed by atoms with Crippen LogP contribution in [0.25, 0.3) is 5.57 Å². The summed E-state index contributed by atoms with van der Waals surface area (Å²) in [7, 11) is 0. The Kier molecular flexibility index (Phi) is 4.96. The van der Waals surface area contributed by atoms with Crippen molar-refractivity contribution in [2.45, 2.75) is 33.2 Å². The van der Waals surface area contributed by atoms with Gasteiger partial charge in [0.25, 0.3) is 5.69 Å². The van der Waals surface area contributed by atoms with Crippen LogP contribution in [-0.4, -0.2) is 35.6 Å². The van der Waals surface area contributed by atoms with Crippen LogP contribution in [0.15, 0.2) is 24.3 Å². The lowest BCUT2D eigenvalue weighted by Crippen LogP contribution is -2.34. The third kappa shape index (κ3) is 3.61. The highest BCUT2D eigenvalue weighted by atomic mass is 16.6. The topological polar surface area (TPSA) is 55.6 Å². The smallest absolute Gasteiger partial charge is 0.273 e. The molecule has 1 aromatic rings. The number of ether oxygens (including phenoxy) is 1. The van der Waals surface area contributed by atoms with E-state index >= 15 is 0 Å². The summed E-state index contributed by atoms with van der Waals surface area (Å²) >= 11 is 0. The fourth-order valence-corrected chi connectivity index (χ4v) is 2.56. The minimum absolute atomic E-state index is 0.0717. The lowest BCUT2D eigenvalue weighted by atomic mass is 9.97. The van der Waals surface area contributed by atoms with Crippen molar-refractivity contribution in [3.63, 3.8) is 0 Å². The molecular weight excluding hydrogens is 268 g/mol. The standard InChI is InChI=1S/C16H22N2O3/c1-4-21-16-11-14(18(19)20)5-6-15(16)13-7-9-17(10-8-13)12(2)3/h5-7,11-12H,4,8-10H2,1-3H3. The molecule has 1 heterocycles. The van der Waals surface area contributed by atoms with E-state index in [1.54, 1.807) is 12.1 Å². The van der Waals surface area contributed by atoms with Crippen molar-refractivity contribution in [1.82, 2.24) is 4.90 Å². The number of nitro groups is 1. The molecule has 0 aromatic heterocycles. The predicted octanol–water partition coefficient (Wildman–Crippen LogP) is 3.49. The largest absolute Gasteiger partial charge is 0.493 e. The zero-order valence-corrected chi connectivity index (χ0v) is 12.8. The van der Waals surface area contributed by atoms with Crippen molar-refractivity contribution in [2.24, 2.45) is 0 Å². The molecule has 114 valence electrons. The third-order valence-corrected chi connectivity index (χ3v) is 3.79. The molecule has 0 radical (unpaired) electrons. The lowest BCUT2D eigenvalue weighted by molar-refractivity contribution is -0.384. The number of hydrogen-bond donors (Lipinski definition) is 0. The van der Waals surface area contributed by atoms with Crippen molar-refractivity contribution in [3.8, 4) is 5.75 Å². The van der Waals surface area contributed by atoms with Crippen LogP contribution in [0.3, 0.4) is 0 Å². The fourth-order valence-electron chi connectivity index (χ4n) is 2.56. The second-order valence-corrected chi connectivity index (χ2v) is 5.44. The molecule has 0 bridgehead atoms. The summed E-state index contributed by atoms with van der Waals surface area (Å²) < 4.78 is 5.60. The Hall–Kier alpha value is -1.88. The molecule has 21 heavy (non-hydrogen) atoms. The molecule has 0 amide bonds. The van der Waals surface area contributed by atoms with E-state index in [0.717, 1.165) is 25.1 Å². The molecule has 0 spiro atoms. The average Bonchev–Trinajstić information content (AvgIpc) is 2.47. The first-order valence-corrected chi connectivity index (χ1v) is 7.37. The Morgan fingerprint density at radius 3 is 2.71 bits per heavy atom. The van der Waals surface area contributed by atoms with E-state index in [4.69, 9.17) is 4.74 Å². The first kappa shape index (κ1) is 15.5. The molecule has 2 rings (SSSR count). The van der Waals surface area contributed by atoms with Gasteiger partial charge in [0.2, 0.25) is 0 Å². The Labute approximate surface area is 125 Å². The molecular formula is C16H22N2O3. The quantitative estimate of drug-likeness (QED) is 0.615. The minimum Gasteiger partial charge on any atom is -0.493 e. The van der Waals surface area contributed by atoms with Crippen molar-refractivity contribution in [3.05, 3.63) is 40.0 Å². The summed E-state index contributed by atoms with van der Waals surface area (Å²) in [5, 5.41) is 10.9. The Morgan fingerprint density at radius 1 is 1.43 bits per heavy atom. The number of nitrogens with zero attached hydrogens (tertiary/aromatic N) is 2. The van der Waals surface area contributed by atoms with E-state index < -0.39 is 0 Å². The lowest BCUT2D eigenvalue weighted by Gasteiger charge is -2.30. The Bertz CT molecular complexity index is 552. The van der Waals surface area contributed by atoms with E-state index in [-0.39, 0.29) is 10.6 Å². The number of nitro benzene ring substituents is 1. The zero-order chi connectivity index (χ0) is 15.4. The van der Waals surface area contributed by atoms with Gasteiger partial charge < -0.3 is 4.74 Å². The number of rotatable bonds is 5. The fraction of sp³-hybridized carbons (Fsp3) is 0.500. The highest BCUT2D eigenvalue weighted by Gasteiger charge is 2.19. The second kappa shape index (κ2) is 6.72. The van der Waals surface area contributed by atoms with E-state index in [2.05, 4.69) is 24.8 Å². The van der Waals surface area contributed by atoms with Gasteiger partial charge in [-0.1, -0.05) is 6.08 Å². The SMILES string of the molecule is CCOc1cc([N+](=O)[O-])ccc1C1=CCN(C(C)C)CC1. The Balaban J connectivity index is 2.29. The van der Waals surface area contributed by atoms with Crippen molar-refractivity contribution < 1.29 is 9.66 Å². The monoisotopic (exact) mass is 290 g/mol. The number of non-ortho nitro benzene ring substituents is 1. The van der Waals surface area contributed by atoms with E-state index in [0.29, 0.717) is 18.4 Å². The number of benzene rings is 1. The molecule has 1 aromatic carbocycles. The van der Waals surface area contributed by atoms with E-state index in [1.165, 1.54) is 11.6 Å². The van der Waals surface area contributed by atoms with Gasteiger partial charge in [0, 0.05) is 30.8 Å². The summed E-state index contributed by atoms with van der Waals surface area (Å²) in [6.07, 6.45) is 3.14. The molecule has 5 nitrogen and oxygen atoms in total. The van der Waals surface area contributed by atoms with Crippen LogP contribution >= 0.6 is 0 Å². The molecule has 0 saturated carbocycles. The van der Waals surface area contributed by atoms with Gasteiger partial charge in [-0.05, 0) is 38.8 Å². The summed E-state index contributed by atoms with van der Waals surface area (Å²) in [5.74, 6) is 0.607. The van der Waals surface area contributed by atoms with Gasteiger partial charge in [-0.25, -0.2) is 0 Å². The van der Waals surface area contributed by atoms with E-state index in [1.807, 2.05) is 6.92 Å². The first-order valence-electron chi connectivity index (χ1n) is 7.37. The van der Waals surface area contributed by atoms with Crippen molar-refractivity contribution >= 4 is 11.3 Å². The normalized spacial score (nSPS) is 15.9. The molecule has 0 N–H and O–H groups in total. The molecule has 0 unspecified atom stereocenters. The molecule has 0 saturated heterocycles.